The Balaban J connectivity index is 1.89. The van der Waals surface area contributed by atoms with Crippen LogP contribution in [0.4, 0.5) is 11.4 Å². The van der Waals surface area contributed by atoms with Gasteiger partial charge in [-0.1, -0.05) is 25.0 Å². The molecule has 1 aliphatic rings. The van der Waals surface area contributed by atoms with Crippen LogP contribution in [0.25, 0.3) is 0 Å². The Morgan fingerprint density at radius 3 is 2.50 bits per heavy atom. The number of anilines is 1. The number of nitro groups is 1. The predicted molar refractivity (Wildman–Crippen MR) is 109 cm³/mol. The molecule has 0 spiro atoms. The van der Waals surface area contributed by atoms with Crippen LogP contribution in [-0.4, -0.2) is 30.8 Å². The molecule has 0 bridgehead atoms. The minimum absolute atomic E-state index is 0.0738. The number of hydrogen-bond acceptors (Lipinski definition) is 6. The minimum atomic E-state index is -3.70. The number of nitro benzene ring substituents is 1. The summed E-state index contributed by atoms with van der Waals surface area (Å²) >= 11 is 1.71. The summed E-state index contributed by atoms with van der Waals surface area (Å²) in [4.78, 5) is 23.8. The first-order valence-electron chi connectivity index (χ1n) is 8.80. The third-order valence-corrected chi connectivity index (χ3v) is 7.03. The van der Waals surface area contributed by atoms with Crippen molar-refractivity contribution in [3.63, 3.8) is 0 Å². The van der Waals surface area contributed by atoms with Crippen molar-refractivity contribution in [1.82, 2.24) is 0 Å². The normalized spacial score (nSPS) is 14.8. The highest BCUT2D eigenvalue weighted by Crippen LogP contribution is 2.38. The smallest absolute Gasteiger partial charge is 0.271 e. The van der Waals surface area contributed by atoms with Gasteiger partial charge in [0.15, 0.2) is 9.84 Å². The molecule has 28 heavy (non-hydrogen) atoms. The molecule has 1 fully saturated rings. The molecule has 0 saturated heterocycles. The fraction of sp³-hybridized carbons (Fsp3) is 0.316. The van der Waals surface area contributed by atoms with Crippen molar-refractivity contribution in [1.29, 1.82) is 0 Å². The van der Waals surface area contributed by atoms with Crippen molar-refractivity contribution in [2.75, 3.05) is 11.6 Å². The van der Waals surface area contributed by atoms with E-state index < -0.39 is 26.4 Å². The van der Waals surface area contributed by atoms with Gasteiger partial charge < -0.3 is 5.32 Å². The highest BCUT2D eigenvalue weighted by atomic mass is 32.2. The number of nitrogens with one attached hydrogen (secondary N) is 1. The molecule has 1 aliphatic carbocycles. The maximum absolute atomic E-state index is 12.7. The van der Waals surface area contributed by atoms with Crippen molar-refractivity contribution >= 4 is 38.9 Å². The van der Waals surface area contributed by atoms with Crippen LogP contribution in [0.2, 0.25) is 0 Å². The Bertz CT molecular complexity index is 1010. The van der Waals surface area contributed by atoms with E-state index in [1.165, 1.54) is 12.8 Å². The first-order valence-corrected chi connectivity index (χ1v) is 11.6. The maximum Gasteiger partial charge on any atom is 0.271 e. The summed E-state index contributed by atoms with van der Waals surface area (Å²) in [6.07, 6.45) is 5.62. The molecule has 9 heteroatoms. The summed E-state index contributed by atoms with van der Waals surface area (Å²) < 4.78 is 23.7. The average molecular weight is 421 g/mol. The van der Waals surface area contributed by atoms with E-state index >= 15 is 0 Å². The van der Waals surface area contributed by atoms with Crippen molar-refractivity contribution in [2.45, 2.75) is 40.7 Å². The summed E-state index contributed by atoms with van der Waals surface area (Å²) in [6.45, 7) is 0. The van der Waals surface area contributed by atoms with E-state index in [0.717, 1.165) is 42.2 Å². The molecule has 0 unspecified atom stereocenters. The van der Waals surface area contributed by atoms with Crippen LogP contribution in [-0.2, 0) is 9.84 Å². The Labute approximate surface area is 167 Å². The van der Waals surface area contributed by atoms with Crippen LogP contribution < -0.4 is 5.32 Å². The number of para-hydroxylation sites is 1. The van der Waals surface area contributed by atoms with Crippen molar-refractivity contribution in [3.05, 3.63) is 58.1 Å². The molecule has 2 aromatic carbocycles. The van der Waals surface area contributed by atoms with Crippen molar-refractivity contribution in [2.24, 2.45) is 0 Å². The third-order valence-electron chi connectivity index (χ3n) is 4.52. The number of carbonyl (C=O) groups is 1. The predicted octanol–water partition coefficient (Wildman–Crippen LogP) is 4.29. The minimum Gasteiger partial charge on any atom is -0.321 e. The molecule has 3 rings (SSSR count). The first-order chi connectivity index (χ1) is 13.2. The highest BCUT2D eigenvalue weighted by Gasteiger charge is 2.21. The number of thioether (sulfide) groups is 1. The van der Waals surface area contributed by atoms with Crippen LogP contribution in [0.5, 0.6) is 0 Å². The maximum atomic E-state index is 12.7. The lowest BCUT2D eigenvalue weighted by molar-refractivity contribution is -0.385. The molecule has 1 saturated carbocycles. The van der Waals surface area contributed by atoms with Gasteiger partial charge in [0.2, 0.25) is 0 Å². The number of nitrogens with zero attached hydrogens (tertiary/aromatic N) is 1. The Morgan fingerprint density at radius 1 is 1.18 bits per heavy atom. The van der Waals surface area contributed by atoms with Crippen molar-refractivity contribution in [3.8, 4) is 0 Å². The molecule has 0 radical (unpaired) electrons. The molecule has 7 nitrogen and oxygen atoms in total. The SMILES string of the molecule is CS(=O)(=O)c1cc(C(=O)Nc2ccccc2SC2CCCC2)cc([N+](=O)[O-])c1. The van der Waals surface area contributed by atoms with Crippen LogP contribution in [0.3, 0.4) is 0 Å². The van der Waals surface area contributed by atoms with Crippen LogP contribution in [0, 0.1) is 10.1 Å². The van der Waals surface area contributed by atoms with Gasteiger partial charge in [-0.25, -0.2) is 8.42 Å². The Morgan fingerprint density at radius 2 is 1.86 bits per heavy atom. The number of sulfone groups is 1. The second-order valence-electron chi connectivity index (χ2n) is 6.72. The standard InChI is InChI=1S/C19H20N2O5S2/c1-28(25,26)16-11-13(10-14(12-16)21(23)24)19(22)20-17-8-4-5-9-18(17)27-15-6-2-3-7-15/h4-5,8-12,15H,2-3,6-7H2,1H3,(H,20,22). The summed E-state index contributed by atoms with van der Waals surface area (Å²) in [7, 11) is -3.70. The van der Waals surface area contributed by atoms with Gasteiger partial charge in [0.25, 0.3) is 11.6 Å². The van der Waals surface area contributed by atoms with Crippen LogP contribution >= 0.6 is 11.8 Å². The summed E-state index contributed by atoms with van der Waals surface area (Å²) in [5.41, 5.74) is 0.0915. The van der Waals surface area contributed by atoms with E-state index in [4.69, 9.17) is 0 Å². The summed E-state index contributed by atoms with van der Waals surface area (Å²) in [6, 6.07) is 10.6. The largest absolute Gasteiger partial charge is 0.321 e. The van der Waals surface area contributed by atoms with Crippen molar-refractivity contribution < 1.29 is 18.1 Å². The zero-order valence-corrected chi connectivity index (χ0v) is 16.9. The lowest BCUT2D eigenvalue weighted by Crippen LogP contribution is -2.14. The van der Waals surface area contributed by atoms with Gasteiger partial charge in [0, 0.05) is 34.1 Å². The van der Waals surface area contributed by atoms with E-state index in [1.807, 2.05) is 12.1 Å². The van der Waals surface area contributed by atoms with E-state index in [2.05, 4.69) is 5.32 Å². The molecule has 148 valence electrons. The third kappa shape index (κ3) is 4.90. The summed E-state index contributed by atoms with van der Waals surface area (Å²) in [5.74, 6) is -0.590. The lowest BCUT2D eigenvalue weighted by atomic mass is 10.2. The van der Waals surface area contributed by atoms with Gasteiger partial charge in [-0.05, 0) is 31.0 Å². The monoisotopic (exact) mass is 420 g/mol. The van der Waals surface area contributed by atoms with Crippen LogP contribution in [0.15, 0.2) is 52.3 Å². The number of hydrogen-bond donors (Lipinski definition) is 1. The van der Waals surface area contributed by atoms with Gasteiger partial charge in [-0.2, -0.15) is 0 Å². The molecule has 1 N–H and O–H groups in total. The highest BCUT2D eigenvalue weighted by molar-refractivity contribution is 8.00. The van der Waals surface area contributed by atoms with Gasteiger partial charge in [0.05, 0.1) is 15.5 Å². The first kappa shape index (κ1) is 20.3. The molecular weight excluding hydrogens is 400 g/mol. The second-order valence-corrected chi connectivity index (χ2v) is 10.1. The van der Waals surface area contributed by atoms with Gasteiger partial charge in [-0.3, -0.25) is 14.9 Å². The van der Waals surface area contributed by atoms with E-state index in [-0.39, 0.29) is 10.5 Å². The lowest BCUT2D eigenvalue weighted by Gasteiger charge is -2.14. The molecule has 0 aliphatic heterocycles. The number of benzene rings is 2. The van der Waals surface area contributed by atoms with E-state index in [0.29, 0.717) is 10.9 Å². The zero-order chi connectivity index (χ0) is 20.3. The fourth-order valence-corrected chi connectivity index (χ4v) is 5.09. The number of rotatable bonds is 6. The topological polar surface area (TPSA) is 106 Å². The molecular formula is C19H20N2O5S2. The molecule has 0 heterocycles. The van der Waals surface area contributed by atoms with Gasteiger partial charge >= 0.3 is 0 Å². The molecule has 0 aromatic heterocycles. The van der Waals surface area contributed by atoms with Gasteiger partial charge in [-0.15, -0.1) is 11.8 Å². The van der Waals surface area contributed by atoms with E-state index in [1.54, 1.807) is 23.9 Å². The van der Waals surface area contributed by atoms with Gasteiger partial charge in [0.1, 0.15) is 0 Å². The molecule has 1 amide bonds. The second kappa shape index (κ2) is 8.32. The number of non-ortho nitro benzene ring substituents is 1. The molecule has 0 atom stereocenters. The fourth-order valence-electron chi connectivity index (χ4n) is 3.09. The zero-order valence-electron chi connectivity index (χ0n) is 15.3. The quantitative estimate of drug-likeness (QED) is 0.552. The molecule has 2 aromatic rings. The van der Waals surface area contributed by atoms with E-state index in [9.17, 15) is 23.3 Å². The number of amides is 1. The number of carbonyl (C=O) groups excluding carboxylic acids is 1. The Hall–Kier alpha value is -2.39. The van der Waals surface area contributed by atoms with Crippen LogP contribution in [0.1, 0.15) is 36.0 Å². The Kier molecular flexibility index (Phi) is 6.04. The summed E-state index contributed by atoms with van der Waals surface area (Å²) in [5, 5.41) is 14.4. The average Bonchev–Trinajstić information content (AvgIpc) is 3.15.